The van der Waals surface area contributed by atoms with Crippen LogP contribution < -0.4 is 5.32 Å². The molecule has 16 heavy (non-hydrogen) atoms. The van der Waals surface area contributed by atoms with Crippen LogP contribution in [-0.4, -0.2) is 18.9 Å². The third kappa shape index (κ3) is 3.45. The van der Waals surface area contributed by atoms with Gasteiger partial charge in [0, 0.05) is 23.3 Å². The van der Waals surface area contributed by atoms with Crippen LogP contribution in [0.1, 0.15) is 25.6 Å². The molecule has 0 spiro atoms. The first-order chi connectivity index (χ1) is 6.99. The van der Waals surface area contributed by atoms with E-state index in [0.717, 1.165) is 19.6 Å². The third-order valence-corrected chi connectivity index (χ3v) is 3.69. The van der Waals surface area contributed by atoms with Gasteiger partial charge >= 0.3 is 0 Å². The van der Waals surface area contributed by atoms with Crippen LogP contribution in [-0.2, 0) is 11.2 Å². The molecule has 2 heterocycles. The maximum Gasteiger partial charge on any atom is 0.121 e. The average molecular weight is 262 g/mol. The Kier molecular flexibility index (Phi) is 4.41. The number of hydrogen-bond acceptors (Lipinski definition) is 3. The fourth-order valence-corrected chi connectivity index (χ4v) is 2.59. The van der Waals surface area contributed by atoms with Crippen molar-refractivity contribution in [2.45, 2.75) is 32.9 Å². The van der Waals surface area contributed by atoms with Gasteiger partial charge in [-0.1, -0.05) is 19.9 Å². The lowest BCUT2D eigenvalue weighted by atomic mass is 9.91. The van der Waals surface area contributed by atoms with Gasteiger partial charge in [0.2, 0.25) is 0 Å². The van der Waals surface area contributed by atoms with Crippen molar-refractivity contribution in [3.8, 4) is 0 Å². The Balaban J connectivity index is 0.00000128. The van der Waals surface area contributed by atoms with E-state index in [1.165, 1.54) is 4.88 Å². The number of nitrogens with one attached hydrogen (secondary N) is 1. The van der Waals surface area contributed by atoms with Crippen LogP contribution in [0.5, 0.6) is 0 Å². The molecule has 1 saturated heterocycles. The molecule has 2 rings (SSSR count). The summed E-state index contributed by atoms with van der Waals surface area (Å²) in [5, 5.41) is 5.62. The summed E-state index contributed by atoms with van der Waals surface area (Å²) in [6.07, 6.45) is 0.959. The topological polar surface area (TPSA) is 21.3 Å². The van der Waals surface area contributed by atoms with Crippen LogP contribution in [0.25, 0.3) is 0 Å². The molecule has 92 valence electrons. The van der Waals surface area contributed by atoms with Crippen LogP contribution in [0.4, 0.5) is 0 Å². The van der Waals surface area contributed by atoms with Gasteiger partial charge < -0.3 is 4.74 Å². The lowest BCUT2D eigenvalue weighted by molar-refractivity contribution is -0.125. The van der Waals surface area contributed by atoms with Gasteiger partial charge in [-0.2, -0.15) is 0 Å². The summed E-state index contributed by atoms with van der Waals surface area (Å²) >= 11 is 1.80. The van der Waals surface area contributed by atoms with Gasteiger partial charge in [0.15, 0.2) is 0 Å². The maximum absolute atomic E-state index is 5.95. The van der Waals surface area contributed by atoms with Gasteiger partial charge in [0.25, 0.3) is 0 Å². The summed E-state index contributed by atoms with van der Waals surface area (Å²) < 4.78 is 5.95. The standard InChI is InChI=1S/C12H19NOS.ClH/c1-11(2)8-13-12(3,14-9-11)7-10-5-4-6-15-10;/h4-6,13H,7-9H2,1-3H3;1H. The van der Waals surface area contributed by atoms with Crippen molar-refractivity contribution < 1.29 is 4.74 Å². The molecular formula is C12H20ClNOS. The molecule has 4 heteroatoms. The van der Waals surface area contributed by atoms with Gasteiger partial charge in [-0.25, -0.2) is 0 Å². The van der Waals surface area contributed by atoms with Crippen molar-refractivity contribution in [1.82, 2.24) is 5.32 Å². The highest BCUT2D eigenvalue weighted by atomic mass is 35.5. The Morgan fingerprint density at radius 3 is 2.69 bits per heavy atom. The molecule has 1 aromatic rings. The molecule has 1 atom stereocenters. The number of rotatable bonds is 2. The van der Waals surface area contributed by atoms with Crippen molar-refractivity contribution in [2.24, 2.45) is 5.41 Å². The molecule has 0 saturated carbocycles. The van der Waals surface area contributed by atoms with Crippen LogP contribution in [0.15, 0.2) is 17.5 Å². The Morgan fingerprint density at radius 1 is 1.44 bits per heavy atom. The van der Waals surface area contributed by atoms with E-state index in [0.29, 0.717) is 0 Å². The Morgan fingerprint density at radius 2 is 2.19 bits per heavy atom. The third-order valence-electron chi connectivity index (χ3n) is 2.81. The smallest absolute Gasteiger partial charge is 0.121 e. The molecule has 1 aliphatic heterocycles. The predicted molar refractivity (Wildman–Crippen MR) is 71.4 cm³/mol. The summed E-state index contributed by atoms with van der Waals surface area (Å²) in [5.74, 6) is 0. The first kappa shape index (κ1) is 14.0. The Labute approximate surface area is 108 Å². The summed E-state index contributed by atoms with van der Waals surface area (Å²) in [6, 6.07) is 4.26. The minimum Gasteiger partial charge on any atom is -0.360 e. The van der Waals surface area contributed by atoms with Crippen molar-refractivity contribution in [3.63, 3.8) is 0 Å². The fraction of sp³-hybridized carbons (Fsp3) is 0.667. The molecule has 1 fully saturated rings. The number of halogens is 1. The summed E-state index contributed by atoms with van der Waals surface area (Å²) in [7, 11) is 0. The highest BCUT2D eigenvalue weighted by Gasteiger charge is 2.35. The van der Waals surface area contributed by atoms with Crippen LogP contribution in [0, 0.1) is 5.41 Å². The minimum absolute atomic E-state index is 0. The van der Waals surface area contributed by atoms with Crippen LogP contribution >= 0.6 is 23.7 Å². The van der Waals surface area contributed by atoms with E-state index in [4.69, 9.17) is 4.74 Å². The zero-order valence-electron chi connectivity index (χ0n) is 10.1. The van der Waals surface area contributed by atoms with Gasteiger partial charge in [0.1, 0.15) is 5.72 Å². The van der Waals surface area contributed by atoms with Crippen molar-refractivity contribution in [1.29, 1.82) is 0 Å². The average Bonchev–Trinajstić information content (AvgIpc) is 2.64. The van der Waals surface area contributed by atoms with Gasteiger partial charge in [-0.15, -0.1) is 23.7 Å². The fourth-order valence-electron chi connectivity index (χ4n) is 1.74. The number of hydrogen-bond donors (Lipinski definition) is 1. The summed E-state index contributed by atoms with van der Waals surface area (Å²) in [5.41, 5.74) is 0.0787. The molecule has 1 aliphatic rings. The second-order valence-corrected chi connectivity index (χ2v) is 6.33. The second kappa shape index (κ2) is 5.05. The van der Waals surface area contributed by atoms with Crippen molar-refractivity contribution in [3.05, 3.63) is 22.4 Å². The van der Waals surface area contributed by atoms with E-state index in [1.54, 1.807) is 11.3 Å². The van der Waals surface area contributed by atoms with E-state index in [2.05, 4.69) is 43.6 Å². The van der Waals surface area contributed by atoms with E-state index in [1.807, 2.05) is 0 Å². The van der Waals surface area contributed by atoms with Crippen LogP contribution in [0.2, 0.25) is 0 Å². The lowest BCUT2D eigenvalue weighted by Gasteiger charge is -2.42. The Bertz CT molecular complexity index is 314. The molecule has 0 amide bonds. The summed E-state index contributed by atoms with van der Waals surface area (Å²) in [6.45, 7) is 8.45. The zero-order valence-corrected chi connectivity index (χ0v) is 11.7. The number of thiophene rings is 1. The summed E-state index contributed by atoms with van der Waals surface area (Å²) in [4.78, 5) is 1.38. The molecule has 0 bridgehead atoms. The van der Waals surface area contributed by atoms with Crippen LogP contribution in [0.3, 0.4) is 0 Å². The first-order valence-corrected chi connectivity index (χ1v) is 6.29. The van der Waals surface area contributed by atoms with Gasteiger partial charge in [-0.3, -0.25) is 5.32 Å². The molecule has 2 nitrogen and oxygen atoms in total. The minimum atomic E-state index is -0.180. The zero-order chi connectivity index (χ0) is 10.9. The van der Waals surface area contributed by atoms with Gasteiger partial charge in [0.05, 0.1) is 6.61 Å². The second-order valence-electron chi connectivity index (χ2n) is 5.29. The molecule has 0 aliphatic carbocycles. The largest absolute Gasteiger partial charge is 0.360 e. The van der Waals surface area contributed by atoms with E-state index in [9.17, 15) is 0 Å². The normalized spacial score (nSPS) is 28.4. The molecular weight excluding hydrogens is 242 g/mol. The molecule has 0 radical (unpaired) electrons. The SMILES string of the molecule is CC1(C)CNC(C)(Cc2cccs2)OC1.Cl. The quantitative estimate of drug-likeness (QED) is 0.884. The molecule has 1 N–H and O–H groups in total. The molecule has 1 aromatic heterocycles. The Hall–Kier alpha value is -0.0900. The number of ether oxygens (including phenoxy) is 1. The molecule has 0 aromatic carbocycles. The van der Waals surface area contributed by atoms with Crippen molar-refractivity contribution >= 4 is 23.7 Å². The monoisotopic (exact) mass is 261 g/mol. The highest BCUT2D eigenvalue weighted by molar-refractivity contribution is 7.09. The predicted octanol–water partition coefficient (Wildman–Crippen LogP) is 3.07. The lowest BCUT2D eigenvalue weighted by Crippen LogP contribution is -2.56. The maximum atomic E-state index is 5.95. The van der Waals surface area contributed by atoms with Gasteiger partial charge in [-0.05, 0) is 18.4 Å². The van der Waals surface area contributed by atoms with Crippen molar-refractivity contribution in [2.75, 3.05) is 13.2 Å². The molecule has 1 unspecified atom stereocenters. The van der Waals surface area contributed by atoms with E-state index < -0.39 is 0 Å². The highest BCUT2D eigenvalue weighted by Crippen LogP contribution is 2.27. The van der Waals surface area contributed by atoms with E-state index in [-0.39, 0.29) is 23.5 Å². The van der Waals surface area contributed by atoms with E-state index >= 15 is 0 Å². The first-order valence-electron chi connectivity index (χ1n) is 5.41.